The van der Waals surface area contributed by atoms with Gasteiger partial charge in [-0.3, -0.25) is 18.6 Å². The molecule has 3 fully saturated rings. The lowest BCUT2D eigenvalue weighted by Crippen LogP contribution is -2.45. The highest BCUT2D eigenvalue weighted by Crippen LogP contribution is 2.35. The number of aliphatic hydroxyl groups is 4. The number of allylic oxidation sites excluding steroid dienone is 1. The monoisotopic (exact) mass is 718 g/mol. The molecule has 4 aliphatic heterocycles. The molecular weight excluding hydrogens is 679 g/mol. The topological polar surface area (TPSA) is 290 Å². The number of anilines is 1. The van der Waals surface area contributed by atoms with Crippen molar-refractivity contribution in [3.8, 4) is 0 Å². The van der Waals surface area contributed by atoms with Crippen LogP contribution in [0.3, 0.4) is 0 Å². The molecule has 0 saturated carbocycles. The fraction of sp³-hybridized carbons (Fsp3) is 0.607. The molecule has 3 saturated heterocycles. The van der Waals surface area contributed by atoms with Gasteiger partial charge in [-0.2, -0.15) is 22.8 Å². The van der Waals surface area contributed by atoms with Crippen LogP contribution in [-0.2, 0) is 34.2 Å². The summed E-state index contributed by atoms with van der Waals surface area (Å²) in [6, 6.07) is -0.0262. The summed E-state index contributed by atoms with van der Waals surface area (Å²) in [4.78, 5) is 38.0. The molecular formula is C28H39FN6O13S. The number of hydrogen-bond donors (Lipinski definition) is 7. The molecule has 0 bridgehead atoms. The van der Waals surface area contributed by atoms with Crippen molar-refractivity contribution in [2.45, 2.75) is 75.9 Å². The first-order valence-electron chi connectivity index (χ1n) is 15.0. The zero-order chi connectivity index (χ0) is 36.4. The van der Waals surface area contributed by atoms with Gasteiger partial charge in [0.2, 0.25) is 0 Å². The molecule has 6 rings (SSSR count). The Morgan fingerprint density at radius 2 is 1.88 bits per heavy atom. The fourth-order valence-corrected chi connectivity index (χ4v) is 5.89. The van der Waals surface area contributed by atoms with Gasteiger partial charge in [-0.15, -0.1) is 0 Å². The molecule has 19 nitrogen and oxygen atoms in total. The second-order valence-corrected chi connectivity index (χ2v) is 12.9. The standard InChI is InChI=1S/C18H25NO5.C10H12FN5O4.H2O4S/c1-4-12-9-11(2)18(3,22)17(21)23-10-13-5-7-19-8-6-14(15(13)19)24-16(12)20;11-10-14-7(12)4-8(15-10)16(2-13-4)9-6(19)5(18)3(1-17)20-9;1-5(2,3)4/h4-5,11,14-15,22H,6-10H2,1-3H3;2-3,5-6,9,17-19H,1H2,(H2,12,14,15);(H2,1,2,3,4)/b12-4-;;/t11-,14-,15-,18-;3-,5-,6+,9-;/m11./s1. The Kier molecular flexibility index (Phi) is 11.7. The third kappa shape index (κ3) is 8.56. The van der Waals surface area contributed by atoms with Crippen molar-refractivity contribution in [3.63, 3.8) is 0 Å². The average molecular weight is 719 g/mol. The fourth-order valence-electron chi connectivity index (χ4n) is 5.89. The first-order valence-corrected chi connectivity index (χ1v) is 16.4. The number of aromatic nitrogens is 4. The van der Waals surface area contributed by atoms with Crippen LogP contribution >= 0.6 is 0 Å². The van der Waals surface area contributed by atoms with Gasteiger partial charge in [0.25, 0.3) is 0 Å². The number of ether oxygens (including phenoxy) is 3. The summed E-state index contributed by atoms with van der Waals surface area (Å²) in [7, 11) is -4.67. The van der Waals surface area contributed by atoms with Crippen molar-refractivity contribution < 1.29 is 66.1 Å². The SMILES string of the molecule is C/C=C1/C[C@@H](C)[C@@](C)(O)C(=O)OCC2=CCN3CC[C@@H](OC1=O)[C@@H]23.Nc1nc(F)nc2c1ncn2[C@@H]1O[C@H](CO)[C@@H](O)[C@@H]1O.O=S(=O)(O)O. The largest absolute Gasteiger partial charge is 0.459 e. The predicted molar refractivity (Wildman–Crippen MR) is 164 cm³/mol. The quantitative estimate of drug-likeness (QED) is 0.0624. The van der Waals surface area contributed by atoms with E-state index in [4.69, 9.17) is 42.6 Å². The third-order valence-electron chi connectivity index (χ3n) is 8.76. The van der Waals surface area contributed by atoms with Gasteiger partial charge in [-0.25, -0.2) is 14.6 Å². The Balaban J connectivity index is 0.000000197. The maximum absolute atomic E-state index is 13.2. The van der Waals surface area contributed by atoms with Crippen molar-refractivity contribution in [3.05, 3.63) is 35.7 Å². The molecule has 0 spiro atoms. The second kappa shape index (κ2) is 15.1. The first-order chi connectivity index (χ1) is 22.9. The summed E-state index contributed by atoms with van der Waals surface area (Å²) in [5.41, 5.74) is 5.50. The molecule has 0 radical (unpaired) electrons. The highest BCUT2D eigenvalue weighted by atomic mass is 32.3. The van der Waals surface area contributed by atoms with Crippen LogP contribution in [0.5, 0.6) is 0 Å². The molecule has 0 unspecified atom stereocenters. The van der Waals surface area contributed by atoms with E-state index >= 15 is 0 Å². The molecule has 2 aromatic heterocycles. The Morgan fingerprint density at radius 3 is 2.49 bits per heavy atom. The van der Waals surface area contributed by atoms with Gasteiger partial charge in [-0.1, -0.05) is 19.1 Å². The number of esters is 2. The normalized spacial score (nSPS) is 32.9. The van der Waals surface area contributed by atoms with E-state index in [1.54, 1.807) is 19.9 Å². The molecule has 0 aromatic carbocycles. The zero-order valence-electron chi connectivity index (χ0n) is 26.7. The number of cyclic esters (lactones) is 1. The van der Waals surface area contributed by atoms with Crippen molar-refractivity contribution in [1.29, 1.82) is 0 Å². The summed E-state index contributed by atoms with van der Waals surface area (Å²) in [5.74, 6) is -1.60. The Bertz CT molecular complexity index is 1710. The van der Waals surface area contributed by atoms with Gasteiger partial charge in [0.1, 0.15) is 31.0 Å². The summed E-state index contributed by atoms with van der Waals surface area (Å²) in [6.07, 6.45) is 0.178. The second-order valence-electron chi connectivity index (χ2n) is 12.0. The Labute approximate surface area is 279 Å². The number of imidazole rings is 1. The molecule has 0 amide bonds. The van der Waals surface area contributed by atoms with Crippen LogP contribution in [0.25, 0.3) is 11.2 Å². The van der Waals surface area contributed by atoms with E-state index in [1.165, 1.54) is 17.8 Å². The third-order valence-corrected chi connectivity index (χ3v) is 8.76. The van der Waals surface area contributed by atoms with Crippen LogP contribution in [0.15, 0.2) is 29.6 Å². The van der Waals surface area contributed by atoms with E-state index in [2.05, 4.69) is 19.9 Å². The smallest absolute Gasteiger partial charge is 0.394 e. The highest BCUT2D eigenvalue weighted by molar-refractivity contribution is 7.79. The molecule has 8 N–H and O–H groups in total. The van der Waals surface area contributed by atoms with Gasteiger partial charge in [-0.05, 0) is 38.2 Å². The molecule has 4 aliphatic rings. The van der Waals surface area contributed by atoms with Crippen LogP contribution in [-0.4, -0.2) is 137 Å². The average Bonchev–Trinajstić information content (AvgIpc) is 3.78. The molecule has 49 heavy (non-hydrogen) atoms. The molecule has 6 heterocycles. The molecule has 2 aromatic rings. The van der Waals surface area contributed by atoms with E-state index in [0.29, 0.717) is 5.57 Å². The lowest BCUT2D eigenvalue weighted by molar-refractivity contribution is -0.169. The van der Waals surface area contributed by atoms with E-state index < -0.39 is 65.1 Å². The number of nitrogens with zero attached hydrogens (tertiary/aromatic N) is 5. The lowest BCUT2D eigenvalue weighted by Gasteiger charge is -2.31. The van der Waals surface area contributed by atoms with Crippen LogP contribution in [0.2, 0.25) is 0 Å². The van der Waals surface area contributed by atoms with Gasteiger partial charge < -0.3 is 40.4 Å². The lowest BCUT2D eigenvalue weighted by atomic mass is 9.85. The van der Waals surface area contributed by atoms with Gasteiger partial charge >= 0.3 is 28.4 Å². The van der Waals surface area contributed by atoms with E-state index in [9.17, 15) is 29.3 Å². The van der Waals surface area contributed by atoms with Gasteiger partial charge in [0.15, 0.2) is 28.8 Å². The van der Waals surface area contributed by atoms with Crippen LogP contribution < -0.4 is 5.73 Å². The number of halogens is 1. The Hall–Kier alpha value is -3.67. The number of nitrogens with two attached hydrogens (primary N) is 1. The van der Waals surface area contributed by atoms with E-state index in [0.717, 1.165) is 25.1 Å². The summed E-state index contributed by atoms with van der Waals surface area (Å²) < 4.78 is 62.5. The number of hydrogen-bond acceptors (Lipinski definition) is 16. The summed E-state index contributed by atoms with van der Waals surface area (Å²) in [5, 5.41) is 39.2. The number of carbonyl (C=O) groups excluding carboxylic acids is 2. The van der Waals surface area contributed by atoms with E-state index in [-0.39, 0.29) is 48.1 Å². The summed E-state index contributed by atoms with van der Waals surface area (Å²) >= 11 is 0. The number of nitrogen functional groups attached to an aromatic ring is 1. The van der Waals surface area contributed by atoms with Gasteiger partial charge in [0, 0.05) is 18.7 Å². The maximum atomic E-state index is 13.2. The van der Waals surface area contributed by atoms with Crippen molar-refractivity contribution >= 4 is 39.3 Å². The Morgan fingerprint density at radius 1 is 1.20 bits per heavy atom. The minimum Gasteiger partial charge on any atom is -0.459 e. The van der Waals surface area contributed by atoms with Crippen molar-refractivity contribution in [2.24, 2.45) is 5.92 Å². The predicted octanol–water partition coefficient (Wildman–Crippen LogP) is -1.30. The molecule has 21 heteroatoms. The van der Waals surface area contributed by atoms with E-state index in [1.807, 2.05) is 6.08 Å². The van der Waals surface area contributed by atoms with Crippen molar-refractivity contribution in [2.75, 3.05) is 32.0 Å². The minimum atomic E-state index is -4.67. The molecule has 272 valence electrons. The van der Waals surface area contributed by atoms with Crippen LogP contribution in [0.4, 0.5) is 10.2 Å². The number of fused-ring (bicyclic) bond motifs is 1. The first kappa shape index (κ1) is 38.1. The highest BCUT2D eigenvalue weighted by Gasteiger charge is 2.46. The number of rotatable bonds is 2. The molecule has 0 aliphatic carbocycles. The number of carbonyl (C=O) groups is 2. The van der Waals surface area contributed by atoms with Crippen LogP contribution in [0.1, 0.15) is 39.8 Å². The van der Waals surface area contributed by atoms with Crippen molar-refractivity contribution in [1.82, 2.24) is 24.4 Å². The minimum absolute atomic E-state index is 0.0262. The summed E-state index contributed by atoms with van der Waals surface area (Å²) in [6.45, 7) is 6.24. The zero-order valence-corrected chi connectivity index (χ0v) is 27.5. The van der Waals surface area contributed by atoms with Gasteiger partial charge in [0.05, 0.1) is 19.0 Å². The number of aliphatic hydroxyl groups excluding tert-OH is 3. The van der Waals surface area contributed by atoms with Crippen LogP contribution in [0, 0.1) is 12.0 Å². The maximum Gasteiger partial charge on any atom is 0.394 e. The molecule has 8 atom stereocenters.